The molecule has 34 heavy (non-hydrogen) atoms. The van der Waals surface area contributed by atoms with Gasteiger partial charge in [-0.1, -0.05) is 29.8 Å². The number of nitrogens with two attached hydrogens (primary N) is 1. The Morgan fingerprint density at radius 1 is 1.24 bits per heavy atom. The van der Waals surface area contributed by atoms with Gasteiger partial charge in [0.25, 0.3) is 0 Å². The molecule has 1 aliphatic rings. The molecule has 0 spiro atoms. The van der Waals surface area contributed by atoms with Gasteiger partial charge in [-0.05, 0) is 69.1 Å². The van der Waals surface area contributed by atoms with Crippen molar-refractivity contribution in [2.45, 2.75) is 57.7 Å². The first kappa shape index (κ1) is 28.6. The Hall–Kier alpha value is -1.68. The van der Waals surface area contributed by atoms with Crippen LogP contribution in [0, 0.1) is 19.8 Å². The predicted octanol–water partition coefficient (Wildman–Crippen LogP) is 4.22. The van der Waals surface area contributed by atoms with Crippen LogP contribution in [0.2, 0.25) is 0 Å². The Morgan fingerprint density at radius 3 is 2.56 bits per heavy atom. The van der Waals surface area contributed by atoms with E-state index in [4.69, 9.17) is 20.3 Å². The van der Waals surface area contributed by atoms with Crippen LogP contribution in [-0.4, -0.2) is 46.4 Å². The van der Waals surface area contributed by atoms with E-state index in [2.05, 4.69) is 10.6 Å². The molecule has 0 heterocycles. The fraction of sp³-hybridized carbons (Fsp3) is 0.565. The van der Waals surface area contributed by atoms with Crippen molar-refractivity contribution < 1.29 is 41.9 Å². The summed E-state index contributed by atoms with van der Waals surface area (Å²) >= 11 is 0. The number of aliphatic hydroxyl groups excluding tert-OH is 1. The average Bonchev–Trinajstić information content (AvgIpc) is 2.75. The second-order valence-electron chi connectivity index (χ2n) is 8.85. The number of phosphoric acid groups is 1. The molecule has 2 unspecified atom stereocenters. The summed E-state index contributed by atoms with van der Waals surface area (Å²) in [5.74, 6) is -0.723. The summed E-state index contributed by atoms with van der Waals surface area (Å²) in [6, 6.07) is 6.10. The van der Waals surface area contributed by atoms with Crippen LogP contribution in [-0.2, 0) is 20.2 Å². The Morgan fingerprint density at radius 2 is 1.94 bits per heavy atom. The fourth-order valence-corrected chi connectivity index (χ4v) is 4.15. The van der Waals surface area contributed by atoms with Gasteiger partial charge < -0.3 is 25.4 Å². The smallest absolute Gasteiger partial charge is 0.469 e. The molecule has 5 N–H and O–H groups in total. The van der Waals surface area contributed by atoms with Crippen LogP contribution >= 0.6 is 7.82 Å². The first-order valence-electron chi connectivity index (χ1n) is 11.0. The highest BCUT2D eigenvalue weighted by atomic mass is 31.2. The summed E-state index contributed by atoms with van der Waals surface area (Å²) in [6.07, 6.45) is -0.360. The number of rotatable bonds is 12. The molecule has 0 bridgehead atoms. The van der Waals surface area contributed by atoms with Crippen LogP contribution < -0.4 is 5.73 Å². The van der Waals surface area contributed by atoms with Crippen molar-refractivity contribution in [1.82, 2.24) is 0 Å². The van der Waals surface area contributed by atoms with Gasteiger partial charge in [0.1, 0.15) is 5.76 Å². The molecule has 2 rings (SSSR count). The van der Waals surface area contributed by atoms with Crippen molar-refractivity contribution in [3.05, 3.63) is 58.4 Å². The van der Waals surface area contributed by atoms with E-state index in [9.17, 15) is 22.8 Å². The van der Waals surface area contributed by atoms with Gasteiger partial charge in [0.05, 0.1) is 30.9 Å². The Kier molecular flexibility index (Phi) is 9.94. The van der Waals surface area contributed by atoms with Crippen LogP contribution in [0.5, 0.6) is 0 Å². The molecular formula is C23H33F3NO6P. The molecule has 0 amide bonds. The minimum absolute atomic E-state index is 0.00960. The SMILES string of the molecule is Cc1ccc(C)c(CCCOC2=CCC(CCC(N)(CO)COP(=O)(O)O)C=C2C(F)(F)F)c1. The summed E-state index contributed by atoms with van der Waals surface area (Å²) in [6.45, 7) is 2.87. The van der Waals surface area contributed by atoms with Gasteiger partial charge in [-0.25, -0.2) is 4.57 Å². The van der Waals surface area contributed by atoms with Gasteiger partial charge in [-0.15, -0.1) is 0 Å². The number of alkyl halides is 3. The van der Waals surface area contributed by atoms with E-state index in [0.717, 1.165) is 22.8 Å². The second-order valence-corrected chi connectivity index (χ2v) is 10.1. The number of ether oxygens (including phenoxy) is 1. The normalized spacial score (nSPS) is 18.8. The number of aliphatic hydroxyl groups is 1. The van der Waals surface area contributed by atoms with Crippen LogP contribution in [0.1, 0.15) is 42.4 Å². The van der Waals surface area contributed by atoms with Crippen molar-refractivity contribution in [2.24, 2.45) is 11.7 Å². The van der Waals surface area contributed by atoms with E-state index in [-0.39, 0.29) is 31.6 Å². The number of phosphoric ester groups is 1. The van der Waals surface area contributed by atoms with Crippen molar-refractivity contribution in [1.29, 1.82) is 0 Å². The minimum Gasteiger partial charge on any atom is -0.493 e. The maximum absolute atomic E-state index is 13.7. The number of aryl methyl sites for hydroxylation is 3. The Balaban J connectivity index is 1.95. The lowest BCUT2D eigenvalue weighted by Gasteiger charge is -2.29. The second kappa shape index (κ2) is 11.8. The molecule has 2 atom stereocenters. The highest BCUT2D eigenvalue weighted by Gasteiger charge is 2.39. The number of hydrogen-bond acceptors (Lipinski definition) is 5. The molecule has 1 aromatic carbocycles. The van der Waals surface area contributed by atoms with Crippen LogP contribution in [0.3, 0.4) is 0 Å². The lowest BCUT2D eigenvalue weighted by molar-refractivity contribution is -0.0949. The van der Waals surface area contributed by atoms with Crippen LogP contribution in [0.25, 0.3) is 0 Å². The van der Waals surface area contributed by atoms with Crippen LogP contribution in [0.4, 0.5) is 13.2 Å². The van der Waals surface area contributed by atoms with E-state index >= 15 is 0 Å². The Labute approximate surface area is 197 Å². The standard InChI is InChI=1S/C23H33F3NO6P/c1-16-5-6-17(2)19(12-16)4-3-11-32-21-8-7-18(13-20(21)23(24,25)26)9-10-22(27,14-28)15-33-34(29,30)31/h5-6,8,12-13,18,28H,3-4,7,9-11,14-15,27H2,1-2H3,(H2,29,30,31). The molecule has 0 radical (unpaired) electrons. The third-order valence-electron chi connectivity index (χ3n) is 5.78. The lowest BCUT2D eigenvalue weighted by atomic mass is 9.86. The fourth-order valence-electron chi connectivity index (χ4n) is 3.72. The summed E-state index contributed by atoms with van der Waals surface area (Å²) in [5.41, 5.74) is 6.98. The van der Waals surface area contributed by atoms with E-state index in [0.29, 0.717) is 12.8 Å². The lowest BCUT2D eigenvalue weighted by Crippen LogP contribution is -2.48. The quantitative estimate of drug-likeness (QED) is 0.247. The molecule has 11 heteroatoms. The molecule has 0 fully saturated rings. The highest BCUT2D eigenvalue weighted by Crippen LogP contribution is 2.39. The zero-order chi connectivity index (χ0) is 25.6. The molecule has 1 aliphatic carbocycles. The molecule has 0 saturated carbocycles. The first-order valence-corrected chi connectivity index (χ1v) is 12.5. The average molecular weight is 507 g/mol. The zero-order valence-electron chi connectivity index (χ0n) is 19.3. The summed E-state index contributed by atoms with van der Waals surface area (Å²) < 4.78 is 61.8. The van der Waals surface area contributed by atoms with Gasteiger partial charge in [-0.3, -0.25) is 4.52 Å². The van der Waals surface area contributed by atoms with Crippen molar-refractivity contribution in [3.63, 3.8) is 0 Å². The molecule has 192 valence electrons. The number of benzene rings is 1. The van der Waals surface area contributed by atoms with Crippen molar-refractivity contribution in [2.75, 3.05) is 19.8 Å². The molecule has 7 nitrogen and oxygen atoms in total. The first-order chi connectivity index (χ1) is 15.7. The van der Waals surface area contributed by atoms with Gasteiger partial charge >= 0.3 is 14.0 Å². The van der Waals surface area contributed by atoms with E-state index < -0.39 is 44.2 Å². The number of hydrogen-bond donors (Lipinski definition) is 4. The summed E-state index contributed by atoms with van der Waals surface area (Å²) in [5, 5.41) is 9.48. The Bertz CT molecular complexity index is 943. The molecule has 0 aromatic heterocycles. The summed E-state index contributed by atoms with van der Waals surface area (Å²) in [7, 11) is -4.79. The van der Waals surface area contributed by atoms with Crippen molar-refractivity contribution >= 4 is 7.82 Å². The maximum atomic E-state index is 13.7. The predicted molar refractivity (Wildman–Crippen MR) is 122 cm³/mol. The zero-order valence-corrected chi connectivity index (χ0v) is 20.2. The topological polar surface area (TPSA) is 122 Å². The molecule has 1 aromatic rings. The summed E-state index contributed by atoms with van der Waals surface area (Å²) in [4.78, 5) is 17.6. The van der Waals surface area contributed by atoms with E-state index in [1.54, 1.807) is 0 Å². The number of halogens is 3. The molecule has 0 aliphatic heterocycles. The number of allylic oxidation sites excluding steroid dienone is 3. The van der Waals surface area contributed by atoms with Gasteiger partial charge in [-0.2, -0.15) is 13.2 Å². The molecule has 0 saturated heterocycles. The third-order valence-corrected chi connectivity index (χ3v) is 6.25. The highest BCUT2D eigenvalue weighted by molar-refractivity contribution is 7.46. The van der Waals surface area contributed by atoms with E-state index in [1.165, 1.54) is 6.08 Å². The van der Waals surface area contributed by atoms with Gasteiger partial charge in [0, 0.05) is 0 Å². The van der Waals surface area contributed by atoms with Gasteiger partial charge in [0.2, 0.25) is 0 Å². The third kappa shape index (κ3) is 9.17. The van der Waals surface area contributed by atoms with Crippen molar-refractivity contribution in [3.8, 4) is 0 Å². The van der Waals surface area contributed by atoms with E-state index in [1.807, 2.05) is 26.0 Å². The maximum Gasteiger partial charge on any atom is 0.469 e. The van der Waals surface area contributed by atoms with Crippen LogP contribution in [0.15, 0.2) is 41.7 Å². The largest absolute Gasteiger partial charge is 0.493 e. The minimum atomic E-state index is -4.79. The van der Waals surface area contributed by atoms with Gasteiger partial charge in [0.15, 0.2) is 0 Å². The monoisotopic (exact) mass is 507 g/mol. The molecular weight excluding hydrogens is 474 g/mol.